The van der Waals surface area contributed by atoms with E-state index < -0.39 is 0 Å². The van der Waals surface area contributed by atoms with Crippen molar-refractivity contribution in [3.8, 4) is 5.82 Å². The van der Waals surface area contributed by atoms with Crippen molar-refractivity contribution in [3.63, 3.8) is 0 Å². The summed E-state index contributed by atoms with van der Waals surface area (Å²) in [4.78, 5) is 17.1. The van der Waals surface area contributed by atoms with Gasteiger partial charge in [0.05, 0.1) is 17.5 Å². The molecule has 2 aromatic rings. The molecule has 0 bridgehead atoms. The van der Waals surface area contributed by atoms with Gasteiger partial charge in [0.1, 0.15) is 0 Å². The van der Waals surface area contributed by atoms with Gasteiger partial charge in [-0.25, -0.2) is 9.67 Å². The summed E-state index contributed by atoms with van der Waals surface area (Å²) in [5, 5.41) is 11.2. The fourth-order valence-corrected chi connectivity index (χ4v) is 4.03. The zero-order valence-corrected chi connectivity index (χ0v) is 15.6. The van der Waals surface area contributed by atoms with E-state index in [1.54, 1.807) is 17.1 Å². The normalized spacial score (nSPS) is 19.6. The molecule has 1 aliphatic heterocycles. The van der Waals surface area contributed by atoms with Crippen molar-refractivity contribution >= 4 is 5.91 Å². The first kappa shape index (κ1) is 17.6. The molecule has 3 rings (SSSR count). The molecule has 25 heavy (non-hydrogen) atoms. The van der Waals surface area contributed by atoms with Crippen molar-refractivity contribution in [2.45, 2.75) is 64.6 Å². The highest BCUT2D eigenvalue weighted by atomic mass is 16.1. The van der Waals surface area contributed by atoms with Crippen LogP contribution in [0.1, 0.15) is 56.6 Å². The zero-order chi connectivity index (χ0) is 18.2. The fourth-order valence-electron chi connectivity index (χ4n) is 4.03. The van der Waals surface area contributed by atoms with Crippen LogP contribution < -0.4 is 10.6 Å². The smallest absolute Gasteiger partial charge is 0.254 e. The number of nitrogens with zero attached hydrogens (tertiary/aromatic N) is 3. The molecule has 1 amide bonds. The molecule has 3 heterocycles. The zero-order valence-electron chi connectivity index (χ0n) is 15.6. The van der Waals surface area contributed by atoms with Gasteiger partial charge in [0.15, 0.2) is 5.82 Å². The number of amides is 1. The summed E-state index contributed by atoms with van der Waals surface area (Å²) in [5.41, 5.74) is 1.38. The van der Waals surface area contributed by atoms with E-state index in [1.807, 2.05) is 25.1 Å². The van der Waals surface area contributed by atoms with E-state index in [9.17, 15) is 4.79 Å². The van der Waals surface area contributed by atoms with Crippen LogP contribution in [0.15, 0.2) is 30.6 Å². The summed E-state index contributed by atoms with van der Waals surface area (Å²) in [6.07, 6.45) is 5.14. The van der Waals surface area contributed by atoms with Gasteiger partial charge < -0.3 is 10.6 Å². The molecule has 1 fully saturated rings. The molecular formula is C19H27N5O. The third-order valence-corrected chi connectivity index (χ3v) is 4.65. The van der Waals surface area contributed by atoms with E-state index in [4.69, 9.17) is 0 Å². The van der Waals surface area contributed by atoms with Gasteiger partial charge in [-0.15, -0.1) is 0 Å². The Kier molecular flexibility index (Phi) is 4.41. The van der Waals surface area contributed by atoms with E-state index in [2.05, 4.69) is 48.4 Å². The molecule has 6 heteroatoms. The van der Waals surface area contributed by atoms with E-state index in [0.717, 1.165) is 18.5 Å². The predicted molar refractivity (Wildman–Crippen MR) is 97.9 cm³/mol. The number of piperidine rings is 1. The van der Waals surface area contributed by atoms with Gasteiger partial charge in [0.25, 0.3) is 5.91 Å². The van der Waals surface area contributed by atoms with Crippen LogP contribution in [0, 0.1) is 6.92 Å². The van der Waals surface area contributed by atoms with Crippen molar-refractivity contribution in [1.82, 2.24) is 25.4 Å². The largest absolute Gasteiger partial charge is 0.349 e. The highest BCUT2D eigenvalue weighted by Gasteiger charge is 2.38. The number of rotatable bonds is 3. The van der Waals surface area contributed by atoms with E-state index >= 15 is 0 Å². The third-order valence-electron chi connectivity index (χ3n) is 4.65. The monoisotopic (exact) mass is 341 g/mol. The van der Waals surface area contributed by atoms with E-state index in [0.29, 0.717) is 11.4 Å². The minimum atomic E-state index is -0.0711. The van der Waals surface area contributed by atoms with Gasteiger partial charge in [0.2, 0.25) is 0 Å². The lowest BCUT2D eigenvalue weighted by atomic mass is 9.79. The first-order chi connectivity index (χ1) is 11.7. The molecule has 0 aromatic carbocycles. The highest BCUT2D eigenvalue weighted by Crippen LogP contribution is 2.28. The lowest BCUT2D eigenvalue weighted by molar-refractivity contribution is 0.0872. The number of nitrogens with one attached hydrogen (secondary N) is 2. The Morgan fingerprint density at radius 2 is 1.92 bits per heavy atom. The van der Waals surface area contributed by atoms with Crippen LogP contribution in [0.5, 0.6) is 0 Å². The summed E-state index contributed by atoms with van der Waals surface area (Å²) < 4.78 is 1.70. The molecule has 0 saturated carbocycles. The van der Waals surface area contributed by atoms with Crippen LogP contribution in [0.4, 0.5) is 0 Å². The number of carbonyl (C=O) groups excluding carboxylic acids is 1. The maximum Gasteiger partial charge on any atom is 0.254 e. The Morgan fingerprint density at radius 1 is 1.24 bits per heavy atom. The molecule has 2 aromatic heterocycles. The lowest BCUT2D eigenvalue weighted by Crippen LogP contribution is -2.62. The van der Waals surface area contributed by atoms with Crippen molar-refractivity contribution < 1.29 is 4.79 Å². The average molecular weight is 341 g/mol. The van der Waals surface area contributed by atoms with Crippen molar-refractivity contribution in [3.05, 3.63) is 41.9 Å². The number of carbonyl (C=O) groups is 1. The quantitative estimate of drug-likeness (QED) is 0.900. The minimum absolute atomic E-state index is 0.00706. The molecule has 134 valence electrons. The van der Waals surface area contributed by atoms with Crippen LogP contribution >= 0.6 is 0 Å². The highest BCUT2D eigenvalue weighted by molar-refractivity contribution is 5.95. The summed E-state index contributed by atoms with van der Waals surface area (Å²) in [7, 11) is 0. The first-order valence-electron chi connectivity index (χ1n) is 8.73. The van der Waals surface area contributed by atoms with Crippen LogP contribution in [-0.4, -0.2) is 37.8 Å². The molecular weight excluding hydrogens is 314 g/mol. The van der Waals surface area contributed by atoms with Crippen molar-refractivity contribution in [1.29, 1.82) is 0 Å². The Labute approximate surface area is 149 Å². The SMILES string of the molecule is Cc1c(C(=O)NC2CC(C)(C)NC(C)(C)C2)cnn1-c1ccccn1. The maximum absolute atomic E-state index is 12.8. The van der Waals surface area contributed by atoms with Crippen LogP contribution in [0.3, 0.4) is 0 Å². The molecule has 0 atom stereocenters. The van der Waals surface area contributed by atoms with Crippen LogP contribution in [0.25, 0.3) is 5.82 Å². The van der Waals surface area contributed by atoms with Gasteiger partial charge in [-0.05, 0) is 59.6 Å². The molecule has 0 unspecified atom stereocenters. The Hall–Kier alpha value is -2.21. The Balaban J connectivity index is 1.77. The predicted octanol–water partition coefficient (Wildman–Crippen LogP) is 2.61. The van der Waals surface area contributed by atoms with E-state index in [1.165, 1.54) is 0 Å². The number of hydrogen-bond donors (Lipinski definition) is 2. The molecule has 1 saturated heterocycles. The fraction of sp³-hybridized carbons (Fsp3) is 0.526. The number of hydrogen-bond acceptors (Lipinski definition) is 4. The molecule has 0 radical (unpaired) electrons. The second-order valence-electron chi connectivity index (χ2n) is 8.21. The third kappa shape index (κ3) is 3.90. The van der Waals surface area contributed by atoms with Crippen LogP contribution in [-0.2, 0) is 0 Å². The van der Waals surface area contributed by atoms with Gasteiger partial charge >= 0.3 is 0 Å². The second kappa shape index (κ2) is 6.26. The van der Waals surface area contributed by atoms with Crippen molar-refractivity contribution in [2.75, 3.05) is 0 Å². The number of pyridine rings is 1. The van der Waals surface area contributed by atoms with Gasteiger partial charge in [0, 0.05) is 23.3 Å². The van der Waals surface area contributed by atoms with Crippen LogP contribution in [0.2, 0.25) is 0 Å². The van der Waals surface area contributed by atoms with E-state index in [-0.39, 0.29) is 23.0 Å². The molecule has 2 N–H and O–H groups in total. The Morgan fingerprint density at radius 3 is 2.52 bits per heavy atom. The first-order valence-corrected chi connectivity index (χ1v) is 8.73. The lowest BCUT2D eigenvalue weighted by Gasteiger charge is -2.46. The standard InChI is InChI=1S/C19H27N5O/c1-13-15(12-21-24(13)16-8-6-7-9-20-16)17(25)22-14-10-18(2,3)23-19(4,5)11-14/h6-9,12,14,23H,10-11H2,1-5H3,(H,22,25). The average Bonchev–Trinajstić information content (AvgIpc) is 2.86. The minimum Gasteiger partial charge on any atom is -0.349 e. The van der Waals surface area contributed by atoms with Gasteiger partial charge in [-0.2, -0.15) is 5.10 Å². The molecule has 1 aliphatic rings. The summed E-state index contributed by atoms with van der Waals surface area (Å²) in [5.74, 6) is 0.640. The summed E-state index contributed by atoms with van der Waals surface area (Å²) in [6, 6.07) is 5.77. The number of aromatic nitrogens is 3. The molecule has 0 aliphatic carbocycles. The summed E-state index contributed by atoms with van der Waals surface area (Å²) in [6.45, 7) is 10.6. The topological polar surface area (TPSA) is 71.8 Å². The van der Waals surface area contributed by atoms with Gasteiger partial charge in [-0.1, -0.05) is 6.07 Å². The summed E-state index contributed by atoms with van der Waals surface area (Å²) >= 11 is 0. The Bertz CT molecular complexity index is 747. The van der Waals surface area contributed by atoms with Gasteiger partial charge in [-0.3, -0.25) is 4.79 Å². The van der Waals surface area contributed by atoms with Crippen molar-refractivity contribution in [2.24, 2.45) is 0 Å². The molecule has 0 spiro atoms. The second-order valence-corrected chi connectivity index (χ2v) is 8.21. The maximum atomic E-state index is 12.8. The molecule has 6 nitrogen and oxygen atoms in total.